The molecule has 0 aromatic heterocycles. The maximum absolute atomic E-state index is 12.7. The van der Waals surface area contributed by atoms with Crippen LogP contribution in [0.5, 0.6) is 11.5 Å². The lowest BCUT2D eigenvalue weighted by Gasteiger charge is -2.20. The van der Waals surface area contributed by atoms with Gasteiger partial charge in [0.05, 0.1) is 18.2 Å². The molecule has 3 heterocycles. The summed E-state index contributed by atoms with van der Waals surface area (Å²) in [5, 5.41) is 15.7. The number of fused-ring (bicyclic) bond motifs is 1. The molecular formula is C25H23N5O4S. The van der Waals surface area contributed by atoms with E-state index in [-0.39, 0.29) is 17.2 Å². The van der Waals surface area contributed by atoms with Crippen molar-refractivity contribution in [2.75, 3.05) is 20.2 Å². The van der Waals surface area contributed by atoms with Gasteiger partial charge in [-0.2, -0.15) is 10.0 Å². The first kappa shape index (κ1) is 22.9. The molecular weight excluding hydrogens is 466 g/mol. The van der Waals surface area contributed by atoms with E-state index < -0.39 is 11.9 Å². The summed E-state index contributed by atoms with van der Waals surface area (Å²) in [4.78, 5) is 31.6. The molecule has 0 aliphatic carbocycles. The fourth-order valence-electron chi connectivity index (χ4n) is 3.97. The van der Waals surface area contributed by atoms with Crippen molar-refractivity contribution in [3.05, 3.63) is 64.7 Å². The van der Waals surface area contributed by atoms with Gasteiger partial charge in [-0.05, 0) is 67.4 Å². The number of hydrogen-bond acceptors (Lipinski definition) is 8. The van der Waals surface area contributed by atoms with Crippen molar-refractivity contribution in [2.24, 2.45) is 10.1 Å². The van der Waals surface area contributed by atoms with Gasteiger partial charge in [-0.15, -0.1) is 5.10 Å². The summed E-state index contributed by atoms with van der Waals surface area (Å²) in [7, 11) is 1.47. The zero-order chi connectivity index (χ0) is 24.5. The molecule has 2 aromatic carbocycles. The molecule has 1 amide bonds. The Morgan fingerprint density at radius 2 is 1.91 bits per heavy atom. The van der Waals surface area contributed by atoms with Crippen LogP contribution in [0.25, 0.3) is 6.08 Å². The number of aliphatic imine (C=N–C) groups is 1. The quantitative estimate of drug-likeness (QED) is 0.394. The van der Waals surface area contributed by atoms with Crippen LogP contribution in [0.4, 0.5) is 0 Å². The lowest BCUT2D eigenvalue weighted by atomic mass is 10.1. The lowest BCUT2D eigenvalue weighted by Crippen LogP contribution is -2.35. The van der Waals surface area contributed by atoms with Crippen LogP contribution in [0, 0.1) is 12.3 Å². The fraction of sp³-hybridized carbons (Fsp3) is 0.240. The molecule has 0 atom stereocenters. The van der Waals surface area contributed by atoms with Crippen LogP contribution in [0.3, 0.4) is 0 Å². The Bertz CT molecular complexity index is 1330. The first-order valence-corrected chi connectivity index (χ1v) is 12.0. The standard InChI is InChI=1S/C25H23N5O4S/c1-15-6-5-7-17(12-15)23(32)34-19-9-8-16(14-20(19)33-2)13-18-21(26)30-24(27-22(18)31)35-25(28-30)29-10-3-4-11-29/h5-9,12-14,26H,3-4,10-11H2,1-2H3/b18-13+,26-21?. The summed E-state index contributed by atoms with van der Waals surface area (Å²) in [5.74, 6) is -0.453. The van der Waals surface area contributed by atoms with E-state index in [0.29, 0.717) is 22.0 Å². The summed E-state index contributed by atoms with van der Waals surface area (Å²) >= 11 is 1.31. The number of methoxy groups -OCH3 is 1. The highest BCUT2D eigenvalue weighted by Crippen LogP contribution is 2.33. The fourth-order valence-corrected chi connectivity index (χ4v) is 4.92. The number of benzene rings is 2. The topological polar surface area (TPSA) is 108 Å². The van der Waals surface area contributed by atoms with E-state index in [0.717, 1.165) is 36.7 Å². The van der Waals surface area contributed by atoms with E-state index in [2.05, 4.69) is 15.0 Å². The average molecular weight is 490 g/mol. The second kappa shape index (κ2) is 9.38. The van der Waals surface area contributed by atoms with Gasteiger partial charge in [-0.25, -0.2) is 4.79 Å². The van der Waals surface area contributed by atoms with Crippen molar-refractivity contribution in [3.63, 3.8) is 0 Å². The molecule has 1 N–H and O–H groups in total. The molecule has 9 nitrogen and oxygen atoms in total. The van der Waals surface area contributed by atoms with Gasteiger partial charge in [-0.1, -0.05) is 23.8 Å². The monoisotopic (exact) mass is 489 g/mol. The second-order valence-electron chi connectivity index (χ2n) is 8.27. The Labute approximate surface area is 206 Å². The Morgan fingerprint density at radius 1 is 1.11 bits per heavy atom. The van der Waals surface area contributed by atoms with E-state index >= 15 is 0 Å². The Hall–Kier alpha value is -3.92. The molecule has 1 fully saturated rings. The predicted molar refractivity (Wildman–Crippen MR) is 135 cm³/mol. The van der Waals surface area contributed by atoms with Crippen molar-refractivity contribution in [3.8, 4) is 11.5 Å². The van der Waals surface area contributed by atoms with E-state index in [1.54, 1.807) is 42.5 Å². The Kier molecular flexibility index (Phi) is 6.12. The van der Waals surface area contributed by atoms with E-state index in [1.165, 1.54) is 23.9 Å². The molecule has 10 heteroatoms. The minimum atomic E-state index is -0.499. The van der Waals surface area contributed by atoms with Crippen molar-refractivity contribution >= 4 is 45.9 Å². The number of nitrogens with one attached hydrogen (secondary N) is 1. The third-order valence-electron chi connectivity index (χ3n) is 5.78. The zero-order valence-electron chi connectivity index (χ0n) is 19.3. The number of thioether (sulfide) groups is 1. The number of nitrogens with zero attached hydrogens (tertiary/aromatic N) is 4. The molecule has 35 heavy (non-hydrogen) atoms. The van der Waals surface area contributed by atoms with E-state index in [1.807, 2.05) is 13.0 Å². The molecule has 1 saturated heterocycles. The van der Waals surface area contributed by atoms with Gasteiger partial charge in [0, 0.05) is 13.1 Å². The highest BCUT2D eigenvalue weighted by molar-refractivity contribution is 8.26. The van der Waals surface area contributed by atoms with Gasteiger partial charge in [0.15, 0.2) is 22.5 Å². The minimum absolute atomic E-state index is 0.0318. The number of amides is 1. The van der Waals surface area contributed by atoms with Crippen molar-refractivity contribution in [1.82, 2.24) is 9.91 Å². The maximum atomic E-state index is 12.7. The SMILES string of the molecule is COc1cc(/C=C2\C(=N)N3N=C(N4CCCC4)SC3=NC2=O)ccc1OC(=O)c1cccc(C)c1. The third-order valence-corrected chi connectivity index (χ3v) is 6.74. The number of ether oxygens (including phenoxy) is 2. The molecule has 2 aromatic rings. The van der Waals surface area contributed by atoms with Crippen LogP contribution in [0.2, 0.25) is 0 Å². The minimum Gasteiger partial charge on any atom is -0.493 e. The number of rotatable bonds is 4. The summed E-state index contributed by atoms with van der Waals surface area (Å²) in [5.41, 5.74) is 2.10. The number of likely N-dealkylation sites (tertiary alicyclic amines) is 1. The Balaban J connectivity index is 1.38. The summed E-state index contributed by atoms with van der Waals surface area (Å²) < 4.78 is 10.9. The van der Waals surface area contributed by atoms with Crippen LogP contribution in [-0.2, 0) is 4.79 Å². The van der Waals surface area contributed by atoms with Gasteiger partial charge >= 0.3 is 5.97 Å². The third kappa shape index (κ3) is 4.57. The van der Waals surface area contributed by atoms with Gasteiger partial charge in [-0.3, -0.25) is 10.2 Å². The second-order valence-corrected chi connectivity index (χ2v) is 9.20. The van der Waals surface area contributed by atoms with Crippen molar-refractivity contribution < 1.29 is 19.1 Å². The molecule has 0 bridgehead atoms. The van der Waals surface area contributed by atoms with Crippen LogP contribution < -0.4 is 9.47 Å². The lowest BCUT2D eigenvalue weighted by molar-refractivity contribution is -0.114. The van der Waals surface area contributed by atoms with Crippen LogP contribution in [0.1, 0.15) is 34.3 Å². The number of carbonyl (C=O) groups excluding carboxylic acids is 2. The average Bonchev–Trinajstić information content (AvgIpc) is 3.53. The first-order valence-electron chi connectivity index (χ1n) is 11.1. The zero-order valence-corrected chi connectivity index (χ0v) is 20.1. The number of hydrogen-bond donors (Lipinski definition) is 1. The molecule has 3 aliphatic rings. The number of esters is 1. The summed E-state index contributed by atoms with van der Waals surface area (Å²) in [6, 6.07) is 12.0. The van der Waals surface area contributed by atoms with Crippen molar-refractivity contribution in [1.29, 1.82) is 5.41 Å². The molecule has 0 saturated carbocycles. The largest absolute Gasteiger partial charge is 0.493 e. The Morgan fingerprint density at radius 3 is 2.66 bits per heavy atom. The molecule has 0 radical (unpaired) electrons. The van der Waals surface area contributed by atoms with E-state index in [4.69, 9.17) is 14.9 Å². The highest BCUT2D eigenvalue weighted by atomic mass is 32.2. The number of hydrazone groups is 1. The summed E-state index contributed by atoms with van der Waals surface area (Å²) in [6.07, 6.45) is 3.77. The van der Waals surface area contributed by atoms with Crippen molar-refractivity contribution in [2.45, 2.75) is 19.8 Å². The molecule has 5 rings (SSSR count). The number of aryl methyl sites for hydroxylation is 1. The first-order chi connectivity index (χ1) is 16.9. The highest BCUT2D eigenvalue weighted by Gasteiger charge is 2.37. The normalized spacial score (nSPS) is 18.5. The summed E-state index contributed by atoms with van der Waals surface area (Å²) in [6.45, 7) is 3.73. The smallest absolute Gasteiger partial charge is 0.343 e. The predicted octanol–water partition coefficient (Wildman–Crippen LogP) is 3.90. The van der Waals surface area contributed by atoms with Gasteiger partial charge in [0.1, 0.15) is 0 Å². The number of amidine groups is 3. The van der Waals surface area contributed by atoms with Gasteiger partial charge in [0.25, 0.3) is 5.91 Å². The van der Waals surface area contributed by atoms with E-state index in [9.17, 15) is 9.59 Å². The van der Waals surface area contributed by atoms with Crippen LogP contribution in [0.15, 0.2) is 58.1 Å². The van der Waals surface area contributed by atoms with Crippen LogP contribution >= 0.6 is 11.8 Å². The van der Waals surface area contributed by atoms with Gasteiger partial charge < -0.3 is 14.4 Å². The number of carbonyl (C=O) groups is 2. The maximum Gasteiger partial charge on any atom is 0.343 e. The molecule has 0 unspecified atom stereocenters. The van der Waals surface area contributed by atoms with Gasteiger partial charge in [0.2, 0.25) is 5.17 Å². The molecule has 0 spiro atoms. The van der Waals surface area contributed by atoms with Crippen LogP contribution in [-0.4, -0.2) is 58.2 Å². The molecule has 3 aliphatic heterocycles. The molecule has 178 valence electrons.